The molecule has 0 spiro atoms. The summed E-state index contributed by atoms with van der Waals surface area (Å²) in [5.41, 5.74) is 0.948. The van der Waals surface area contributed by atoms with Gasteiger partial charge in [0.1, 0.15) is 18.1 Å². The summed E-state index contributed by atoms with van der Waals surface area (Å²) >= 11 is 0. The van der Waals surface area contributed by atoms with Gasteiger partial charge in [0.15, 0.2) is 17.3 Å². The minimum Gasteiger partial charge on any atom is -0.493 e. The summed E-state index contributed by atoms with van der Waals surface area (Å²) < 4.78 is 21.5. The van der Waals surface area contributed by atoms with Crippen LogP contribution in [0, 0.1) is 0 Å². The fourth-order valence-corrected chi connectivity index (χ4v) is 2.56. The van der Waals surface area contributed by atoms with Gasteiger partial charge in [0.25, 0.3) is 0 Å². The van der Waals surface area contributed by atoms with Crippen LogP contribution in [0.4, 0.5) is 0 Å². The smallest absolute Gasteiger partial charge is 0.174 e. The van der Waals surface area contributed by atoms with E-state index in [4.69, 9.17) is 18.7 Å². The van der Waals surface area contributed by atoms with E-state index in [1.807, 2.05) is 18.2 Å². The second kappa shape index (κ2) is 6.70. The van der Waals surface area contributed by atoms with Crippen molar-refractivity contribution in [2.75, 3.05) is 20.8 Å². The zero-order valence-corrected chi connectivity index (χ0v) is 12.8. The molecule has 0 radical (unpaired) electrons. The third kappa shape index (κ3) is 3.17. The van der Waals surface area contributed by atoms with E-state index in [1.54, 1.807) is 20.3 Å². The predicted octanol–water partition coefficient (Wildman–Crippen LogP) is 2.70. The maximum atomic E-state index is 5.72. The maximum absolute atomic E-state index is 5.72. The normalized spacial score (nSPS) is 17.5. The molecule has 118 valence electrons. The molecule has 2 aromatic rings. The highest BCUT2D eigenvalue weighted by atomic mass is 16.5. The lowest BCUT2D eigenvalue weighted by atomic mass is 10.1. The van der Waals surface area contributed by atoms with Crippen LogP contribution < -0.4 is 19.5 Å². The Hall–Kier alpha value is -2.21. The molecule has 0 aliphatic carbocycles. The molecule has 0 saturated carbocycles. The molecule has 2 heterocycles. The predicted molar refractivity (Wildman–Crippen MR) is 80.4 cm³/mol. The van der Waals surface area contributed by atoms with Gasteiger partial charge in [-0.15, -0.1) is 0 Å². The number of aromatic nitrogens is 1. The molecule has 1 saturated heterocycles. The molecule has 0 bridgehead atoms. The maximum Gasteiger partial charge on any atom is 0.174 e. The van der Waals surface area contributed by atoms with E-state index in [-0.39, 0.29) is 0 Å². The number of rotatable bonds is 6. The Kier molecular flexibility index (Phi) is 4.48. The number of benzene rings is 1. The Bertz CT molecular complexity index is 620. The molecule has 1 aliphatic heterocycles. The highest BCUT2D eigenvalue weighted by Crippen LogP contribution is 2.31. The van der Waals surface area contributed by atoms with Crippen molar-refractivity contribution in [3.05, 3.63) is 35.7 Å². The number of nitrogens with one attached hydrogen (secondary N) is 1. The number of nitrogens with zero attached hydrogens (tertiary/aromatic N) is 1. The first-order valence-corrected chi connectivity index (χ1v) is 7.34. The first kappa shape index (κ1) is 14.7. The first-order chi connectivity index (χ1) is 10.8. The van der Waals surface area contributed by atoms with E-state index >= 15 is 0 Å². The van der Waals surface area contributed by atoms with Crippen molar-refractivity contribution in [1.82, 2.24) is 10.5 Å². The lowest BCUT2D eigenvalue weighted by molar-refractivity contribution is 0.246. The minimum atomic E-state index is 0.304. The minimum absolute atomic E-state index is 0.304. The highest BCUT2D eigenvalue weighted by molar-refractivity contribution is 5.45. The van der Waals surface area contributed by atoms with Crippen LogP contribution in [0.5, 0.6) is 17.2 Å². The average molecular weight is 304 g/mol. The van der Waals surface area contributed by atoms with Gasteiger partial charge in [0.05, 0.1) is 20.3 Å². The van der Waals surface area contributed by atoms with Crippen LogP contribution in [-0.4, -0.2) is 25.9 Å². The van der Waals surface area contributed by atoms with Crippen molar-refractivity contribution in [1.29, 1.82) is 0 Å². The lowest BCUT2D eigenvalue weighted by Crippen LogP contribution is -2.12. The second-order valence-corrected chi connectivity index (χ2v) is 5.17. The lowest BCUT2D eigenvalue weighted by Gasteiger charge is -2.09. The summed E-state index contributed by atoms with van der Waals surface area (Å²) in [6, 6.07) is 7.68. The van der Waals surface area contributed by atoms with Gasteiger partial charge >= 0.3 is 0 Å². The van der Waals surface area contributed by atoms with E-state index in [0.29, 0.717) is 35.7 Å². The molecule has 22 heavy (non-hydrogen) atoms. The number of methoxy groups -OCH3 is 2. The number of hydrogen-bond acceptors (Lipinski definition) is 6. The summed E-state index contributed by atoms with van der Waals surface area (Å²) in [7, 11) is 3.20. The van der Waals surface area contributed by atoms with Crippen LogP contribution in [0.3, 0.4) is 0 Å². The topological polar surface area (TPSA) is 65.8 Å². The van der Waals surface area contributed by atoms with Crippen LogP contribution in [-0.2, 0) is 6.61 Å². The van der Waals surface area contributed by atoms with E-state index in [0.717, 1.165) is 18.7 Å². The Morgan fingerprint density at radius 3 is 2.82 bits per heavy atom. The largest absolute Gasteiger partial charge is 0.493 e. The molecular weight excluding hydrogens is 284 g/mol. The summed E-state index contributed by atoms with van der Waals surface area (Å²) in [4.78, 5) is 0. The van der Waals surface area contributed by atoms with Crippen molar-refractivity contribution in [3.8, 4) is 17.2 Å². The van der Waals surface area contributed by atoms with Gasteiger partial charge in [-0.3, -0.25) is 0 Å². The Morgan fingerprint density at radius 1 is 1.23 bits per heavy atom. The molecule has 1 aromatic heterocycles. The Labute approximate surface area is 129 Å². The number of ether oxygens (including phenoxy) is 3. The van der Waals surface area contributed by atoms with Gasteiger partial charge in [-0.05, 0) is 31.5 Å². The van der Waals surface area contributed by atoms with Crippen LogP contribution >= 0.6 is 0 Å². The van der Waals surface area contributed by atoms with E-state index < -0.39 is 0 Å². The quantitative estimate of drug-likeness (QED) is 0.885. The molecule has 0 amide bonds. The van der Waals surface area contributed by atoms with Crippen LogP contribution in [0.15, 0.2) is 28.8 Å². The van der Waals surface area contributed by atoms with Crippen molar-refractivity contribution in [2.24, 2.45) is 0 Å². The fraction of sp³-hybridized carbons (Fsp3) is 0.438. The van der Waals surface area contributed by atoms with Crippen molar-refractivity contribution >= 4 is 0 Å². The highest BCUT2D eigenvalue weighted by Gasteiger charge is 2.20. The molecule has 1 fully saturated rings. The molecule has 3 rings (SSSR count). The molecule has 1 N–H and O–H groups in total. The SMILES string of the molecule is COc1ccc(OCc2cc([C@@H]3CCCN3)no2)cc1OC. The molecule has 0 unspecified atom stereocenters. The van der Waals surface area contributed by atoms with Crippen LogP contribution in [0.1, 0.15) is 30.3 Å². The standard InChI is InChI=1S/C16H20N2O4/c1-19-15-6-5-11(9-16(15)20-2)21-10-12-8-14(18-22-12)13-4-3-7-17-13/h5-6,8-9,13,17H,3-4,7,10H2,1-2H3/t13-/m0/s1. The summed E-state index contributed by atoms with van der Waals surface area (Å²) in [5.74, 6) is 2.70. The Morgan fingerprint density at radius 2 is 2.09 bits per heavy atom. The van der Waals surface area contributed by atoms with Gasteiger partial charge < -0.3 is 24.1 Å². The molecule has 1 aliphatic rings. The van der Waals surface area contributed by atoms with Gasteiger partial charge in [0, 0.05) is 12.1 Å². The zero-order valence-electron chi connectivity index (χ0n) is 12.8. The van der Waals surface area contributed by atoms with Crippen molar-refractivity contribution < 1.29 is 18.7 Å². The van der Waals surface area contributed by atoms with Crippen molar-refractivity contribution in [3.63, 3.8) is 0 Å². The molecule has 6 heteroatoms. The zero-order chi connectivity index (χ0) is 15.4. The molecular formula is C16H20N2O4. The van der Waals surface area contributed by atoms with Gasteiger partial charge in [-0.25, -0.2) is 0 Å². The van der Waals surface area contributed by atoms with Gasteiger partial charge in [-0.2, -0.15) is 0 Å². The summed E-state index contributed by atoms with van der Waals surface area (Å²) in [5, 5.41) is 7.50. The van der Waals surface area contributed by atoms with E-state index in [9.17, 15) is 0 Å². The molecule has 6 nitrogen and oxygen atoms in total. The third-order valence-electron chi connectivity index (χ3n) is 3.73. The monoisotopic (exact) mass is 304 g/mol. The van der Waals surface area contributed by atoms with Crippen LogP contribution in [0.25, 0.3) is 0 Å². The average Bonchev–Trinajstić information content (AvgIpc) is 3.23. The van der Waals surface area contributed by atoms with E-state index in [1.165, 1.54) is 6.42 Å². The van der Waals surface area contributed by atoms with E-state index in [2.05, 4.69) is 10.5 Å². The summed E-state index contributed by atoms with van der Waals surface area (Å²) in [6.07, 6.45) is 2.28. The fourth-order valence-electron chi connectivity index (χ4n) is 2.56. The first-order valence-electron chi connectivity index (χ1n) is 7.34. The van der Waals surface area contributed by atoms with Crippen LogP contribution in [0.2, 0.25) is 0 Å². The van der Waals surface area contributed by atoms with Gasteiger partial charge in [0.2, 0.25) is 0 Å². The Balaban J connectivity index is 1.62. The van der Waals surface area contributed by atoms with Crippen molar-refractivity contribution in [2.45, 2.75) is 25.5 Å². The molecule has 1 aromatic carbocycles. The van der Waals surface area contributed by atoms with Gasteiger partial charge in [-0.1, -0.05) is 5.16 Å². The molecule has 1 atom stereocenters. The second-order valence-electron chi connectivity index (χ2n) is 5.17. The number of hydrogen-bond donors (Lipinski definition) is 1. The summed E-state index contributed by atoms with van der Waals surface area (Å²) in [6.45, 7) is 1.37. The third-order valence-corrected chi connectivity index (χ3v) is 3.73.